The van der Waals surface area contributed by atoms with Crippen LogP contribution in [0.5, 0.6) is 0 Å². The van der Waals surface area contributed by atoms with Crippen LogP contribution in [-0.4, -0.2) is 43.0 Å². The first-order chi connectivity index (χ1) is 10.7. The molecule has 2 aliphatic rings. The quantitative estimate of drug-likeness (QED) is 0.707. The van der Waals surface area contributed by atoms with E-state index in [1.54, 1.807) is 0 Å². The third-order valence-electron chi connectivity index (χ3n) is 5.11. The Morgan fingerprint density at radius 1 is 0.875 bits per heavy atom. The molecule has 1 fully saturated rings. The molecule has 2 heterocycles. The van der Waals surface area contributed by atoms with E-state index in [4.69, 9.17) is 11.6 Å². The zero-order valence-corrected chi connectivity index (χ0v) is 16.1. The summed E-state index contributed by atoms with van der Waals surface area (Å²) in [5.41, 5.74) is 4.36. The molecule has 2 aromatic carbocycles. The van der Waals surface area contributed by atoms with Gasteiger partial charge in [0.05, 0.1) is 0 Å². The molecule has 0 aliphatic carbocycles. The van der Waals surface area contributed by atoms with Crippen LogP contribution >= 0.6 is 36.4 Å². The number of rotatable bonds is 1. The fourth-order valence-corrected chi connectivity index (χ4v) is 4.04. The first-order valence-corrected chi connectivity index (χ1v) is 8.37. The Kier molecular flexibility index (Phi) is 6.58. The molecule has 2 nitrogen and oxygen atoms in total. The normalized spacial score (nSPS) is 23.4. The Hall–Kier alpha value is -0.770. The van der Waals surface area contributed by atoms with Crippen LogP contribution in [0.2, 0.25) is 5.02 Å². The van der Waals surface area contributed by atoms with Crippen molar-refractivity contribution in [2.45, 2.75) is 12.0 Å². The van der Waals surface area contributed by atoms with E-state index in [2.05, 4.69) is 53.2 Å². The van der Waals surface area contributed by atoms with Crippen molar-refractivity contribution in [3.63, 3.8) is 0 Å². The number of piperazine rings is 1. The highest BCUT2D eigenvalue weighted by molar-refractivity contribution is 6.30. The van der Waals surface area contributed by atoms with Crippen LogP contribution in [0.15, 0.2) is 48.5 Å². The maximum atomic E-state index is 6.06. The highest BCUT2D eigenvalue weighted by Crippen LogP contribution is 2.40. The molecule has 2 atom stereocenters. The lowest BCUT2D eigenvalue weighted by Crippen LogP contribution is -2.50. The standard InChI is InChI=1S/C19H21ClN2.2ClH/c1-21-10-11-22-12-18(14-6-8-15(20)9-7-14)16-4-2-3-5-17(16)19(22)13-21;;/h2-9,18-19H,10-13H2,1H3;2*1H. The van der Waals surface area contributed by atoms with E-state index >= 15 is 0 Å². The van der Waals surface area contributed by atoms with E-state index in [1.807, 2.05) is 12.1 Å². The molecule has 0 spiro atoms. The van der Waals surface area contributed by atoms with Crippen molar-refractivity contribution in [2.24, 2.45) is 0 Å². The second-order valence-electron chi connectivity index (χ2n) is 6.51. The average molecular weight is 386 g/mol. The van der Waals surface area contributed by atoms with Crippen LogP contribution in [-0.2, 0) is 0 Å². The minimum atomic E-state index is 0. The van der Waals surface area contributed by atoms with Crippen LogP contribution in [0, 0.1) is 0 Å². The summed E-state index contributed by atoms with van der Waals surface area (Å²) in [7, 11) is 2.23. The molecule has 0 saturated carbocycles. The van der Waals surface area contributed by atoms with Gasteiger partial charge in [-0.1, -0.05) is 48.0 Å². The summed E-state index contributed by atoms with van der Waals surface area (Å²) in [6.45, 7) is 4.55. The monoisotopic (exact) mass is 384 g/mol. The Morgan fingerprint density at radius 3 is 2.25 bits per heavy atom. The Bertz CT molecular complexity index is 675. The largest absolute Gasteiger partial charge is 0.303 e. The zero-order chi connectivity index (χ0) is 15.1. The molecule has 2 unspecified atom stereocenters. The number of benzene rings is 2. The van der Waals surface area contributed by atoms with Gasteiger partial charge < -0.3 is 4.90 Å². The van der Waals surface area contributed by atoms with Crippen molar-refractivity contribution in [3.8, 4) is 0 Å². The van der Waals surface area contributed by atoms with Gasteiger partial charge in [0, 0.05) is 43.2 Å². The van der Waals surface area contributed by atoms with Crippen LogP contribution < -0.4 is 0 Å². The van der Waals surface area contributed by atoms with Crippen molar-refractivity contribution in [2.75, 3.05) is 33.2 Å². The number of hydrogen-bond acceptors (Lipinski definition) is 2. The Balaban J connectivity index is 0.00000104. The van der Waals surface area contributed by atoms with Gasteiger partial charge in [0.15, 0.2) is 0 Å². The highest BCUT2D eigenvalue weighted by Gasteiger charge is 2.36. The van der Waals surface area contributed by atoms with Crippen molar-refractivity contribution >= 4 is 36.4 Å². The summed E-state index contributed by atoms with van der Waals surface area (Å²) in [6.07, 6.45) is 0. The Labute approximate surface area is 161 Å². The van der Waals surface area contributed by atoms with E-state index in [1.165, 1.54) is 16.7 Å². The maximum absolute atomic E-state index is 6.06. The van der Waals surface area contributed by atoms with Crippen molar-refractivity contribution in [1.82, 2.24) is 9.80 Å². The lowest BCUT2D eigenvalue weighted by molar-refractivity contribution is 0.0772. The molecule has 0 amide bonds. The molecule has 0 bridgehead atoms. The number of fused-ring (bicyclic) bond motifs is 3. The van der Waals surface area contributed by atoms with Gasteiger partial charge in [-0.2, -0.15) is 0 Å². The van der Waals surface area contributed by atoms with E-state index in [-0.39, 0.29) is 24.8 Å². The maximum Gasteiger partial charge on any atom is 0.0478 e. The van der Waals surface area contributed by atoms with Gasteiger partial charge in [-0.3, -0.25) is 4.90 Å². The zero-order valence-electron chi connectivity index (χ0n) is 13.7. The minimum Gasteiger partial charge on any atom is -0.303 e. The van der Waals surface area contributed by atoms with E-state index in [0.29, 0.717) is 12.0 Å². The molecule has 0 radical (unpaired) electrons. The summed E-state index contributed by atoms with van der Waals surface area (Å²) in [5, 5.41) is 0.810. The summed E-state index contributed by atoms with van der Waals surface area (Å²) in [4.78, 5) is 5.10. The minimum absolute atomic E-state index is 0. The number of hydrogen-bond donors (Lipinski definition) is 0. The number of likely N-dealkylation sites (N-methyl/N-ethyl adjacent to an activating group) is 1. The Morgan fingerprint density at radius 2 is 1.54 bits per heavy atom. The molecular weight excluding hydrogens is 363 g/mol. The van der Waals surface area contributed by atoms with E-state index < -0.39 is 0 Å². The molecular formula is C19H23Cl3N2. The predicted molar refractivity (Wildman–Crippen MR) is 106 cm³/mol. The van der Waals surface area contributed by atoms with Gasteiger partial charge in [0.1, 0.15) is 0 Å². The van der Waals surface area contributed by atoms with Gasteiger partial charge in [-0.25, -0.2) is 0 Å². The summed E-state index contributed by atoms with van der Waals surface area (Å²) < 4.78 is 0. The van der Waals surface area contributed by atoms with Gasteiger partial charge in [0.2, 0.25) is 0 Å². The van der Waals surface area contributed by atoms with Crippen molar-refractivity contribution in [3.05, 3.63) is 70.2 Å². The lowest BCUT2D eigenvalue weighted by atomic mass is 9.80. The second-order valence-corrected chi connectivity index (χ2v) is 6.94. The van der Waals surface area contributed by atoms with Gasteiger partial charge in [0.25, 0.3) is 0 Å². The fraction of sp³-hybridized carbons (Fsp3) is 0.368. The van der Waals surface area contributed by atoms with Crippen LogP contribution in [0.3, 0.4) is 0 Å². The average Bonchev–Trinajstić information content (AvgIpc) is 2.55. The molecule has 24 heavy (non-hydrogen) atoms. The van der Waals surface area contributed by atoms with Crippen LogP contribution in [0.25, 0.3) is 0 Å². The van der Waals surface area contributed by atoms with Crippen LogP contribution in [0.4, 0.5) is 0 Å². The third-order valence-corrected chi connectivity index (χ3v) is 5.37. The lowest BCUT2D eigenvalue weighted by Gasteiger charge is -2.46. The van der Waals surface area contributed by atoms with Crippen LogP contribution in [0.1, 0.15) is 28.7 Å². The third kappa shape index (κ3) is 3.58. The summed E-state index contributed by atoms with van der Waals surface area (Å²) in [6, 6.07) is 17.9. The molecule has 1 saturated heterocycles. The van der Waals surface area contributed by atoms with E-state index in [0.717, 1.165) is 31.2 Å². The smallest absolute Gasteiger partial charge is 0.0478 e. The first kappa shape index (κ1) is 19.6. The summed E-state index contributed by atoms with van der Waals surface area (Å²) >= 11 is 6.06. The number of nitrogens with zero attached hydrogens (tertiary/aromatic N) is 2. The molecule has 4 rings (SSSR count). The second kappa shape index (κ2) is 8.07. The number of halogens is 3. The predicted octanol–water partition coefficient (Wildman–Crippen LogP) is 4.62. The van der Waals surface area contributed by atoms with Crippen molar-refractivity contribution < 1.29 is 0 Å². The first-order valence-electron chi connectivity index (χ1n) is 7.99. The fourth-order valence-electron chi connectivity index (χ4n) is 3.92. The van der Waals surface area contributed by atoms with Crippen molar-refractivity contribution in [1.29, 1.82) is 0 Å². The SMILES string of the molecule is CN1CCN2CC(c3ccc(Cl)cc3)c3ccccc3C2C1.Cl.Cl. The molecule has 5 heteroatoms. The molecule has 130 valence electrons. The summed E-state index contributed by atoms with van der Waals surface area (Å²) in [5.74, 6) is 0.452. The molecule has 2 aromatic rings. The highest BCUT2D eigenvalue weighted by atomic mass is 35.5. The molecule has 2 aliphatic heterocycles. The van der Waals surface area contributed by atoms with E-state index in [9.17, 15) is 0 Å². The van der Waals surface area contributed by atoms with Gasteiger partial charge in [-0.05, 0) is 35.9 Å². The van der Waals surface area contributed by atoms with Gasteiger partial charge >= 0.3 is 0 Å². The molecule has 0 N–H and O–H groups in total. The molecule has 0 aromatic heterocycles. The topological polar surface area (TPSA) is 6.48 Å². The van der Waals surface area contributed by atoms with Gasteiger partial charge in [-0.15, -0.1) is 24.8 Å².